The van der Waals surface area contributed by atoms with Crippen molar-refractivity contribution >= 4 is 53.5 Å². The molecular formula is C45H31N4O2Sb. The Bertz CT molecular complexity index is 2640. The van der Waals surface area contributed by atoms with Crippen molar-refractivity contribution in [2.75, 3.05) is 7.11 Å². The quantitative estimate of drug-likeness (QED) is 0.175. The molecule has 1 atom stereocenters. The summed E-state index contributed by atoms with van der Waals surface area (Å²) in [4.78, 5) is 10.8. The third-order valence-corrected chi connectivity index (χ3v) is 16.7. The van der Waals surface area contributed by atoms with Crippen molar-refractivity contribution in [3.63, 3.8) is 0 Å². The van der Waals surface area contributed by atoms with E-state index in [0.29, 0.717) is 0 Å². The molecule has 10 rings (SSSR count). The van der Waals surface area contributed by atoms with Crippen LogP contribution in [0, 0.1) is 0 Å². The van der Waals surface area contributed by atoms with Gasteiger partial charge in [-0.1, -0.05) is 0 Å². The van der Waals surface area contributed by atoms with Crippen LogP contribution in [0.5, 0.6) is 0 Å². The fraction of sp³-hybridized carbons (Fsp3) is 0.0222. The van der Waals surface area contributed by atoms with Crippen molar-refractivity contribution in [2.45, 2.75) is 0 Å². The van der Waals surface area contributed by atoms with Gasteiger partial charge in [-0.3, -0.25) is 0 Å². The van der Waals surface area contributed by atoms with Crippen molar-refractivity contribution in [1.29, 1.82) is 0 Å². The molecule has 6 bridgehead atoms. The number of fused-ring (bicyclic) bond motifs is 2. The summed E-state index contributed by atoms with van der Waals surface area (Å²) in [7, 11) is 1.60. The zero-order valence-corrected chi connectivity index (χ0v) is 30.8. The van der Waals surface area contributed by atoms with Gasteiger partial charge in [0.15, 0.2) is 0 Å². The third kappa shape index (κ3) is 4.61. The van der Waals surface area contributed by atoms with E-state index in [9.17, 15) is 0 Å². The molecule has 0 radical (unpaired) electrons. The Morgan fingerprint density at radius 3 is 1.17 bits per heavy atom. The van der Waals surface area contributed by atoms with E-state index >= 15 is 3.02 Å². The Balaban J connectivity index is 1.50. The predicted octanol–water partition coefficient (Wildman–Crippen LogP) is 7.16. The molecule has 1 unspecified atom stereocenters. The molecule has 248 valence electrons. The second-order valence-electron chi connectivity index (χ2n) is 12.9. The monoisotopic (exact) mass is 780 g/mol. The van der Waals surface area contributed by atoms with Gasteiger partial charge in [0.2, 0.25) is 0 Å². The van der Waals surface area contributed by atoms with Gasteiger partial charge in [0.1, 0.15) is 0 Å². The summed E-state index contributed by atoms with van der Waals surface area (Å²) < 4.78 is 27.5. The molecule has 4 aromatic carbocycles. The number of hydrogen-bond acceptors (Lipinski definition) is 4. The molecule has 7 heteroatoms. The molecule has 0 saturated carbocycles. The Morgan fingerprint density at radius 1 is 0.442 bits per heavy atom. The van der Waals surface area contributed by atoms with Crippen LogP contribution >= 0.6 is 0 Å². The van der Waals surface area contributed by atoms with Gasteiger partial charge < -0.3 is 0 Å². The molecule has 4 aliphatic heterocycles. The summed E-state index contributed by atoms with van der Waals surface area (Å²) in [6.45, 7) is 0. The summed E-state index contributed by atoms with van der Waals surface area (Å²) in [6, 6.07) is 49.3. The molecule has 0 saturated heterocycles. The van der Waals surface area contributed by atoms with Crippen LogP contribution in [0.4, 0.5) is 0 Å². The van der Waals surface area contributed by atoms with Gasteiger partial charge in [-0.15, -0.1) is 0 Å². The maximum atomic E-state index is 16.9. The van der Waals surface area contributed by atoms with Crippen LogP contribution in [0.2, 0.25) is 0 Å². The maximum absolute atomic E-state index is 16.9. The van der Waals surface area contributed by atoms with Gasteiger partial charge in [-0.25, -0.2) is 0 Å². The number of allylic oxidation sites excluding steroid dienone is 4. The van der Waals surface area contributed by atoms with Gasteiger partial charge in [0, 0.05) is 0 Å². The van der Waals surface area contributed by atoms with E-state index in [-0.39, 0.29) is 0 Å². The Morgan fingerprint density at radius 2 is 0.808 bits per heavy atom. The number of aliphatic imine (C=N–C) groups is 2. The van der Waals surface area contributed by atoms with Crippen molar-refractivity contribution in [3.8, 4) is 0 Å². The minimum absolute atomic E-state index is 0.768. The molecule has 6 nitrogen and oxygen atoms in total. The van der Waals surface area contributed by atoms with E-state index in [2.05, 4.69) is 97.1 Å². The first kappa shape index (κ1) is 30.8. The molecule has 4 aliphatic rings. The molecular weight excluding hydrogens is 750 g/mol. The van der Waals surface area contributed by atoms with Gasteiger partial charge in [-0.2, -0.15) is 0 Å². The van der Waals surface area contributed by atoms with Crippen LogP contribution in [-0.2, 0) is 6.03 Å². The van der Waals surface area contributed by atoms with E-state index < -0.39 is 19.8 Å². The fourth-order valence-electron chi connectivity index (χ4n) is 7.82. The van der Waals surface area contributed by atoms with Crippen molar-refractivity contribution < 1.29 is 6.03 Å². The zero-order chi connectivity index (χ0) is 34.8. The summed E-state index contributed by atoms with van der Waals surface area (Å²) in [5.41, 5.74) is 12.1. The molecule has 0 aliphatic carbocycles. The van der Waals surface area contributed by atoms with Crippen LogP contribution in [0.15, 0.2) is 191 Å². The number of nitrogens with zero attached hydrogens (tertiary/aromatic N) is 4. The molecule has 0 spiro atoms. The van der Waals surface area contributed by atoms with Gasteiger partial charge in [-0.05, 0) is 0 Å². The Labute approximate surface area is 306 Å². The van der Waals surface area contributed by atoms with Crippen LogP contribution in [-0.4, -0.2) is 43.8 Å². The fourth-order valence-corrected chi connectivity index (χ4v) is 14.3. The SMILES string of the molecule is C[O][Sb]1(=[O])[n]2c3ccc2C(c2ccccc2)=C2C=CC(=N2)C(c2ccccc2)=c2ccc([n]21)=C(c1ccccc1)C1=NC(=C3c2ccccc2)C=C1. The van der Waals surface area contributed by atoms with Crippen LogP contribution < -0.4 is 10.7 Å². The minimum atomic E-state index is -5.53. The first-order valence-electron chi connectivity index (χ1n) is 17.2. The normalized spacial score (nSPS) is 18.6. The predicted molar refractivity (Wildman–Crippen MR) is 208 cm³/mol. The standard InChI is InChI=1S/C44H28N4.CH3O.O.Sb/c1-5-13-29(14-6-1)41-33-21-23-35(45-33)42(30-15-7-2-8-16-30)37-25-27-39(47-37)44(32-19-11-4-12-20-32)40-28-26-38(48-40)43(31-17-9-3-10-18-31)36-24-22-34(41)46-36;1-2;;/h1-28H;1H3;;/q-2;-1;;+3. The average Bonchev–Trinajstić information content (AvgIpc) is 4.03. The Hall–Kier alpha value is -5.94. The molecule has 0 N–H and O–H groups in total. The summed E-state index contributed by atoms with van der Waals surface area (Å²) in [6.07, 6.45) is 8.32. The van der Waals surface area contributed by atoms with E-state index in [1.54, 1.807) is 7.11 Å². The number of rotatable bonds is 5. The molecule has 0 amide bonds. The first-order chi connectivity index (χ1) is 25.6. The second kappa shape index (κ2) is 12.1. The van der Waals surface area contributed by atoms with Gasteiger partial charge >= 0.3 is 308 Å². The van der Waals surface area contributed by atoms with Crippen LogP contribution in [0.1, 0.15) is 33.6 Å². The molecule has 52 heavy (non-hydrogen) atoms. The summed E-state index contributed by atoms with van der Waals surface area (Å²) in [5.74, 6) is 0. The van der Waals surface area contributed by atoms with Crippen molar-refractivity contribution in [2.24, 2.45) is 9.98 Å². The van der Waals surface area contributed by atoms with Crippen LogP contribution in [0.3, 0.4) is 0 Å². The second-order valence-corrected chi connectivity index (χ2v) is 19.0. The number of benzene rings is 4. The zero-order valence-electron chi connectivity index (χ0n) is 28.2. The van der Waals surface area contributed by atoms with E-state index in [0.717, 1.165) is 89.4 Å². The molecule has 2 aromatic heterocycles. The number of aromatic nitrogens is 2. The van der Waals surface area contributed by atoms with E-state index in [4.69, 9.17) is 13.0 Å². The average molecular weight is 782 g/mol. The molecule has 6 heterocycles. The van der Waals surface area contributed by atoms with Crippen molar-refractivity contribution in [3.05, 3.63) is 226 Å². The van der Waals surface area contributed by atoms with Gasteiger partial charge in [0.25, 0.3) is 0 Å². The molecule has 0 fully saturated rings. The Kier molecular flexibility index (Phi) is 7.17. The topological polar surface area (TPSA) is 60.9 Å². The summed E-state index contributed by atoms with van der Waals surface area (Å²) in [5, 5.41) is 1.54. The van der Waals surface area contributed by atoms with Crippen LogP contribution in [0.25, 0.3) is 22.3 Å². The molecule has 6 aromatic rings. The summed E-state index contributed by atoms with van der Waals surface area (Å²) >= 11 is -5.53. The van der Waals surface area contributed by atoms with Crippen molar-refractivity contribution in [1.82, 2.24) is 5.45 Å². The van der Waals surface area contributed by atoms with E-state index in [1.807, 2.05) is 78.2 Å². The van der Waals surface area contributed by atoms with Gasteiger partial charge in [0.05, 0.1) is 0 Å². The first-order valence-corrected chi connectivity index (χ1v) is 21.6. The number of hydrogen-bond donors (Lipinski definition) is 0. The van der Waals surface area contributed by atoms with E-state index in [1.165, 1.54) is 0 Å². The third-order valence-electron chi connectivity index (χ3n) is 10.0.